The van der Waals surface area contributed by atoms with Crippen molar-refractivity contribution in [3.8, 4) is 0 Å². The van der Waals surface area contributed by atoms with Crippen LogP contribution in [0.1, 0.15) is 71.3 Å². The van der Waals surface area contributed by atoms with Gasteiger partial charge in [-0.15, -0.1) is 5.10 Å². The standard InChI is InChI=1S/C24H41N7O2S/c1-24(2,3)33-23(32)30-14-12-18(13-15-30)31(26)29-22(25)20-16-19(34-27-4)10-11-21(20)28-17-8-6-5-7-9-17/h10-11,16-18,27-28H,5-9,12-15,26H2,1-4H3,(H2,25,29). The molecule has 0 unspecified atom stereocenters. The Balaban J connectivity index is 1.68. The predicted octanol–water partition coefficient (Wildman–Crippen LogP) is 3.85. The number of anilines is 1. The third-order valence-corrected chi connectivity index (χ3v) is 6.86. The van der Waals surface area contributed by atoms with Gasteiger partial charge in [-0.05, 0) is 83.6 Å². The molecule has 0 atom stereocenters. The molecule has 1 aliphatic heterocycles. The van der Waals surface area contributed by atoms with Gasteiger partial charge >= 0.3 is 6.09 Å². The molecule has 1 saturated carbocycles. The molecule has 34 heavy (non-hydrogen) atoms. The van der Waals surface area contributed by atoms with Crippen molar-refractivity contribution >= 4 is 29.6 Å². The fourth-order valence-electron chi connectivity index (χ4n) is 4.41. The second kappa shape index (κ2) is 12.0. The summed E-state index contributed by atoms with van der Waals surface area (Å²) in [7, 11) is 1.89. The topological polar surface area (TPSA) is 121 Å². The van der Waals surface area contributed by atoms with Gasteiger partial charge in [-0.25, -0.2) is 15.8 Å². The van der Waals surface area contributed by atoms with Crippen LogP contribution in [0.5, 0.6) is 0 Å². The van der Waals surface area contributed by atoms with Gasteiger partial charge in [0.15, 0.2) is 5.84 Å². The van der Waals surface area contributed by atoms with E-state index in [0.717, 1.165) is 16.1 Å². The van der Waals surface area contributed by atoms with E-state index in [9.17, 15) is 4.79 Å². The summed E-state index contributed by atoms with van der Waals surface area (Å²) in [5, 5.41) is 9.70. The summed E-state index contributed by atoms with van der Waals surface area (Å²) < 4.78 is 8.59. The lowest BCUT2D eigenvalue weighted by Crippen LogP contribution is -2.49. The molecule has 1 aliphatic carbocycles. The van der Waals surface area contributed by atoms with Gasteiger partial charge in [-0.2, -0.15) is 0 Å². The molecule has 0 bridgehead atoms. The molecular weight excluding hydrogens is 450 g/mol. The van der Waals surface area contributed by atoms with Crippen molar-refractivity contribution in [2.24, 2.45) is 16.7 Å². The highest BCUT2D eigenvalue weighted by atomic mass is 32.2. The number of likely N-dealkylation sites (tertiary alicyclic amines) is 1. The van der Waals surface area contributed by atoms with Gasteiger partial charge in [0.25, 0.3) is 0 Å². The molecule has 10 heteroatoms. The third kappa shape index (κ3) is 7.68. The smallest absolute Gasteiger partial charge is 0.410 e. The largest absolute Gasteiger partial charge is 0.444 e. The number of piperidine rings is 1. The highest BCUT2D eigenvalue weighted by molar-refractivity contribution is 7.97. The van der Waals surface area contributed by atoms with Crippen LogP contribution in [0.3, 0.4) is 0 Å². The first kappa shape index (κ1) is 26.4. The molecule has 1 heterocycles. The Morgan fingerprint density at radius 3 is 2.47 bits per heavy atom. The minimum atomic E-state index is -0.504. The molecule has 0 radical (unpaired) electrons. The van der Waals surface area contributed by atoms with Crippen LogP contribution in [0, 0.1) is 0 Å². The molecule has 0 aromatic heterocycles. The minimum absolute atomic E-state index is 0.00172. The summed E-state index contributed by atoms with van der Waals surface area (Å²) in [6.45, 7) is 6.77. The van der Waals surface area contributed by atoms with Crippen molar-refractivity contribution < 1.29 is 9.53 Å². The molecule has 1 saturated heterocycles. The summed E-state index contributed by atoms with van der Waals surface area (Å²) in [4.78, 5) is 15.1. The fourth-order valence-corrected chi connectivity index (χ4v) is 4.96. The Kier molecular flexibility index (Phi) is 9.32. The summed E-state index contributed by atoms with van der Waals surface area (Å²) in [5.41, 5.74) is 7.83. The van der Waals surface area contributed by atoms with E-state index >= 15 is 0 Å². The summed E-state index contributed by atoms with van der Waals surface area (Å²) in [5.74, 6) is 6.72. The number of amides is 1. The number of benzene rings is 1. The van der Waals surface area contributed by atoms with Crippen LogP contribution in [-0.2, 0) is 4.74 Å². The Morgan fingerprint density at radius 1 is 1.18 bits per heavy atom. The van der Waals surface area contributed by atoms with E-state index in [4.69, 9.17) is 16.3 Å². The number of nitrogens with two attached hydrogens (primary N) is 2. The molecule has 1 aromatic carbocycles. The van der Waals surface area contributed by atoms with E-state index in [1.807, 2.05) is 33.9 Å². The summed E-state index contributed by atoms with van der Waals surface area (Å²) in [6.07, 6.45) is 7.28. The van der Waals surface area contributed by atoms with Crippen LogP contribution in [-0.4, -0.2) is 59.8 Å². The summed E-state index contributed by atoms with van der Waals surface area (Å²) in [6, 6.07) is 6.66. The molecule has 1 aromatic rings. The Bertz CT molecular complexity index is 844. The normalized spacial score (nSPS) is 18.6. The van der Waals surface area contributed by atoms with Gasteiger partial charge in [0, 0.05) is 35.3 Å². The quantitative estimate of drug-likeness (QED) is 0.149. The lowest BCUT2D eigenvalue weighted by atomic mass is 9.95. The van der Waals surface area contributed by atoms with Crippen molar-refractivity contribution in [3.05, 3.63) is 23.8 Å². The zero-order valence-corrected chi connectivity index (χ0v) is 21.8. The number of carbonyl (C=O) groups is 1. The number of rotatable bonds is 7. The molecule has 2 fully saturated rings. The monoisotopic (exact) mass is 491 g/mol. The fraction of sp³-hybridized carbons (Fsp3) is 0.667. The van der Waals surface area contributed by atoms with Crippen LogP contribution >= 0.6 is 11.9 Å². The number of nitrogens with one attached hydrogen (secondary N) is 2. The van der Waals surface area contributed by atoms with Crippen molar-refractivity contribution in [2.45, 2.75) is 88.3 Å². The maximum Gasteiger partial charge on any atom is 0.410 e. The number of hydrazine groups is 1. The minimum Gasteiger partial charge on any atom is -0.444 e. The zero-order valence-electron chi connectivity index (χ0n) is 21.0. The lowest BCUT2D eigenvalue weighted by molar-refractivity contribution is 0.0143. The molecule has 1 amide bonds. The first-order valence-corrected chi connectivity index (χ1v) is 13.1. The highest BCUT2D eigenvalue weighted by Crippen LogP contribution is 2.27. The summed E-state index contributed by atoms with van der Waals surface area (Å²) >= 11 is 1.53. The Morgan fingerprint density at radius 2 is 1.85 bits per heavy atom. The van der Waals surface area contributed by atoms with Gasteiger partial charge in [0.1, 0.15) is 5.60 Å². The van der Waals surface area contributed by atoms with Crippen molar-refractivity contribution in [2.75, 3.05) is 25.5 Å². The van der Waals surface area contributed by atoms with E-state index < -0.39 is 5.60 Å². The van der Waals surface area contributed by atoms with Crippen molar-refractivity contribution in [1.29, 1.82) is 0 Å². The SMILES string of the molecule is CNSc1ccc(NC2CCCCC2)c(/C(N)=N/N(N)C2CCN(C(=O)OC(C)(C)C)CC2)c1. The number of carbonyl (C=O) groups excluding carboxylic acids is 1. The van der Waals surface area contributed by atoms with E-state index in [1.54, 1.807) is 4.90 Å². The van der Waals surface area contributed by atoms with Crippen LogP contribution in [0.2, 0.25) is 0 Å². The first-order chi connectivity index (χ1) is 16.2. The van der Waals surface area contributed by atoms with Crippen molar-refractivity contribution in [1.82, 2.24) is 14.7 Å². The maximum absolute atomic E-state index is 12.3. The number of hydrogen-bond donors (Lipinski definition) is 4. The number of hydrazone groups is 1. The second-order valence-electron chi connectivity index (χ2n) is 10.1. The van der Waals surface area contributed by atoms with E-state index in [2.05, 4.69) is 27.3 Å². The zero-order chi connectivity index (χ0) is 24.7. The Hall–Kier alpha value is -2.17. The molecule has 9 nitrogen and oxygen atoms in total. The van der Waals surface area contributed by atoms with Gasteiger partial charge in [-0.3, -0.25) is 4.72 Å². The van der Waals surface area contributed by atoms with Gasteiger partial charge in [-0.1, -0.05) is 19.3 Å². The Labute approximate surface area is 208 Å². The number of amidine groups is 1. The van der Waals surface area contributed by atoms with E-state index in [0.29, 0.717) is 37.8 Å². The van der Waals surface area contributed by atoms with E-state index in [1.165, 1.54) is 49.2 Å². The molecule has 0 spiro atoms. The van der Waals surface area contributed by atoms with Crippen LogP contribution < -0.4 is 21.6 Å². The van der Waals surface area contributed by atoms with Gasteiger partial charge < -0.3 is 20.7 Å². The second-order valence-corrected chi connectivity index (χ2v) is 11.1. The van der Waals surface area contributed by atoms with E-state index in [-0.39, 0.29) is 12.1 Å². The highest BCUT2D eigenvalue weighted by Gasteiger charge is 2.29. The average molecular weight is 492 g/mol. The average Bonchev–Trinajstić information content (AvgIpc) is 2.80. The predicted molar refractivity (Wildman–Crippen MR) is 139 cm³/mol. The molecule has 190 valence electrons. The van der Waals surface area contributed by atoms with Crippen LogP contribution in [0.4, 0.5) is 10.5 Å². The first-order valence-electron chi connectivity index (χ1n) is 12.3. The number of ether oxygens (including phenoxy) is 1. The third-order valence-electron chi connectivity index (χ3n) is 6.17. The number of hydrogen-bond acceptors (Lipinski definition) is 8. The molecule has 6 N–H and O–H groups in total. The molecule has 3 rings (SSSR count). The number of nitrogens with zero attached hydrogens (tertiary/aromatic N) is 3. The molecular formula is C24H41N7O2S. The van der Waals surface area contributed by atoms with Gasteiger partial charge in [0.2, 0.25) is 0 Å². The lowest BCUT2D eigenvalue weighted by Gasteiger charge is -2.35. The van der Waals surface area contributed by atoms with Crippen molar-refractivity contribution in [3.63, 3.8) is 0 Å². The van der Waals surface area contributed by atoms with Crippen LogP contribution in [0.15, 0.2) is 28.2 Å². The maximum atomic E-state index is 12.3. The van der Waals surface area contributed by atoms with Gasteiger partial charge in [0.05, 0.1) is 6.04 Å². The van der Waals surface area contributed by atoms with Crippen LogP contribution in [0.25, 0.3) is 0 Å². The molecule has 2 aliphatic rings.